The van der Waals surface area contributed by atoms with Crippen molar-refractivity contribution in [3.05, 3.63) is 0 Å². The smallest absolute Gasteiger partial charge is 0.225 e. The fourth-order valence-corrected chi connectivity index (χ4v) is 3.28. The average Bonchev–Trinajstić information content (AvgIpc) is 2.48. The number of amides is 1. The minimum atomic E-state index is 0.163. The van der Waals surface area contributed by atoms with E-state index in [0.29, 0.717) is 24.3 Å². The first-order chi connectivity index (χ1) is 9.22. The number of nitrogens with zero attached hydrogens (tertiary/aromatic N) is 2. The third-order valence-electron chi connectivity index (χ3n) is 4.66. The molecule has 0 unspecified atom stereocenters. The fourth-order valence-electron chi connectivity index (χ4n) is 3.28. The summed E-state index contributed by atoms with van der Waals surface area (Å²) in [5.41, 5.74) is 0. The predicted molar refractivity (Wildman–Crippen MR) is 72.3 cm³/mol. The Bertz CT molecular complexity index is 337. The van der Waals surface area contributed by atoms with Crippen molar-refractivity contribution in [3.63, 3.8) is 0 Å². The minimum Gasteiger partial charge on any atom is -0.381 e. The summed E-state index contributed by atoms with van der Waals surface area (Å²) in [6.45, 7) is 1.44. The second-order valence-corrected chi connectivity index (χ2v) is 5.87. The topological polar surface area (TPSA) is 53.3 Å². The molecule has 1 amide bonds. The zero-order valence-electron chi connectivity index (χ0n) is 11.8. The van der Waals surface area contributed by atoms with Crippen LogP contribution in [0.15, 0.2) is 0 Å². The largest absolute Gasteiger partial charge is 0.381 e. The molecule has 1 saturated carbocycles. The van der Waals surface area contributed by atoms with Crippen LogP contribution in [0, 0.1) is 23.2 Å². The van der Waals surface area contributed by atoms with Crippen molar-refractivity contribution < 1.29 is 9.53 Å². The van der Waals surface area contributed by atoms with Gasteiger partial charge in [-0.1, -0.05) is 0 Å². The molecule has 1 saturated heterocycles. The third kappa shape index (κ3) is 3.70. The van der Waals surface area contributed by atoms with Crippen molar-refractivity contribution in [2.75, 3.05) is 20.3 Å². The second kappa shape index (κ2) is 6.91. The van der Waals surface area contributed by atoms with Crippen LogP contribution in [0.4, 0.5) is 0 Å². The van der Waals surface area contributed by atoms with Crippen molar-refractivity contribution in [2.24, 2.45) is 11.8 Å². The Morgan fingerprint density at radius 3 is 2.42 bits per heavy atom. The van der Waals surface area contributed by atoms with Crippen molar-refractivity contribution in [1.29, 1.82) is 5.26 Å². The van der Waals surface area contributed by atoms with Gasteiger partial charge in [-0.3, -0.25) is 4.79 Å². The Morgan fingerprint density at radius 1 is 1.21 bits per heavy atom. The number of ether oxygens (including phenoxy) is 1. The average molecular weight is 264 g/mol. The van der Waals surface area contributed by atoms with Gasteiger partial charge in [0.1, 0.15) is 0 Å². The molecule has 0 radical (unpaired) electrons. The highest BCUT2D eigenvalue weighted by Gasteiger charge is 2.30. The summed E-state index contributed by atoms with van der Waals surface area (Å²) >= 11 is 0. The van der Waals surface area contributed by atoms with Gasteiger partial charge in [0, 0.05) is 38.6 Å². The van der Waals surface area contributed by atoms with Crippen molar-refractivity contribution in [3.8, 4) is 6.07 Å². The number of nitriles is 1. The standard InChI is InChI=1S/C15H24N2O2/c1-17(15(18)13-7-10-19-11-8-13)14-4-2-12(3-5-14)6-9-16/h12-14H,2-8,10-11H2,1H3. The lowest BCUT2D eigenvalue weighted by atomic mass is 9.83. The van der Waals surface area contributed by atoms with E-state index in [4.69, 9.17) is 10.00 Å². The second-order valence-electron chi connectivity index (χ2n) is 5.87. The molecule has 2 aliphatic rings. The lowest BCUT2D eigenvalue weighted by Crippen LogP contribution is -2.43. The molecule has 0 bridgehead atoms. The molecule has 2 rings (SSSR count). The lowest BCUT2D eigenvalue weighted by Gasteiger charge is -2.36. The normalized spacial score (nSPS) is 28.6. The number of hydrogen-bond acceptors (Lipinski definition) is 3. The molecule has 1 heterocycles. The summed E-state index contributed by atoms with van der Waals surface area (Å²) in [4.78, 5) is 14.4. The van der Waals surface area contributed by atoms with Crippen LogP contribution in [0.25, 0.3) is 0 Å². The summed E-state index contributed by atoms with van der Waals surface area (Å²) < 4.78 is 5.31. The number of hydrogen-bond donors (Lipinski definition) is 0. The van der Waals surface area contributed by atoms with E-state index in [1.54, 1.807) is 0 Å². The van der Waals surface area contributed by atoms with Crippen LogP contribution in [0.3, 0.4) is 0 Å². The van der Waals surface area contributed by atoms with Gasteiger partial charge in [-0.05, 0) is 44.4 Å². The van der Waals surface area contributed by atoms with Gasteiger partial charge in [0.05, 0.1) is 6.07 Å². The molecule has 19 heavy (non-hydrogen) atoms. The Morgan fingerprint density at radius 2 is 1.84 bits per heavy atom. The molecule has 106 valence electrons. The van der Waals surface area contributed by atoms with Crippen LogP contribution in [-0.2, 0) is 9.53 Å². The summed E-state index contributed by atoms with van der Waals surface area (Å²) in [7, 11) is 1.95. The van der Waals surface area contributed by atoms with E-state index in [1.807, 2.05) is 11.9 Å². The van der Waals surface area contributed by atoms with Gasteiger partial charge in [-0.25, -0.2) is 0 Å². The van der Waals surface area contributed by atoms with E-state index in [2.05, 4.69) is 6.07 Å². The lowest BCUT2D eigenvalue weighted by molar-refractivity contribution is -0.140. The fraction of sp³-hybridized carbons (Fsp3) is 0.867. The number of rotatable bonds is 3. The first-order valence-corrected chi connectivity index (χ1v) is 7.43. The first-order valence-electron chi connectivity index (χ1n) is 7.43. The minimum absolute atomic E-state index is 0.163. The van der Waals surface area contributed by atoms with Crippen molar-refractivity contribution >= 4 is 5.91 Å². The SMILES string of the molecule is CN(C(=O)C1CCOCC1)C1CCC(CC#N)CC1. The monoisotopic (exact) mass is 264 g/mol. The molecule has 2 fully saturated rings. The molecule has 0 N–H and O–H groups in total. The zero-order chi connectivity index (χ0) is 13.7. The van der Waals surface area contributed by atoms with Crippen molar-refractivity contribution in [2.45, 2.75) is 51.0 Å². The highest BCUT2D eigenvalue weighted by atomic mass is 16.5. The van der Waals surface area contributed by atoms with Gasteiger partial charge in [-0.15, -0.1) is 0 Å². The highest BCUT2D eigenvalue weighted by molar-refractivity contribution is 5.79. The number of carbonyl (C=O) groups is 1. The maximum atomic E-state index is 12.4. The Kier molecular flexibility index (Phi) is 5.21. The Labute approximate surface area is 115 Å². The van der Waals surface area contributed by atoms with Crippen LogP contribution in [0.1, 0.15) is 44.9 Å². The maximum Gasteiger partial charge on any atom is 0.225 e. The molecule has 4 nitrogen and oxygen atoms in total. The van der Waals surface area contributed by atoms with E-state index in [-0.39, 0.29) is 5.92 Å². The first kappa shape index (κ1) is 14.3. The number of carbonyl (C=O) groups excluding carboxylic acids is 1. The molecule has 0 spiro atoms. The molecule has 0 aromatic rings. The summed E-state index contributed by atoms with van der Waals surface area (Å²) in [5, 5.41) is 8.73. The third-order valence-corrected chi connectivity index (χ3v) is 4.66. The zero-order valence-corrected chi connectivity index (χ0v) is 11.8. The van der Waals surface area contributed by atoms with E-state index < -0.39 is 0 Å². The van der Waals surface area contributed by atoms with E-state index in [0.717, 1.165) is 51.7 Å². The Hall–Kier alpha value is -1.08. The Balaban J connectivity index is 1.81. The van der Waals surface area contributed by atoms with E-state index >= 15 is 0 Å². The van der Waals surface area contributed by atoms with Crippen molar-refractivity contribution in [1.82, 2.24) is 4.90 Å². The quantitative estimate of drug-likeness (QED) is 0.786. The molecule has 0 aromatic heterocycles. The molecule has 0 aromatic carbocycles. The van der Waals surface area contributed by atoms with Gasteiger partial charge in [0.2, 0.25) is 5.91 Å². The van der Waals surface area contributed by atoms with Crippen LogP contribution >= 0.6 is 0 Å². The van der Waals surface area contributed by atoms with E-state index in [9.17, 15) is 4.79 Å². The molecular weight excluding hydrogens is 240 g/mol. The molecule has 1 aliphatic carbocycles. The predicted octanol–water partition coefficient (Wildman–Crippen LogP) is 2.34. The van der Waals surface area contributed by atoms with Crippen LogP contribution in [0.2, 0.25) is 0 Å². The van der Waals surface area contributed by atoms with Gasteiger partial charge < -0.3 is 9.64 Å². The van der Waals surface area contributed by atoms with Crippen LogP contribution < -0.4 is 0 Å². The van der Waals surface area contributed by atoms with Gasteiger partial charge >= 0.3 is 0 Å². The molecule has 1 aliphatic heterocycles. The molecule has 0 atom stereocenters. The summed E-state index contributed by atoms with van der Waals surface area (Å²) in [6.07, 6.45) is 6.69. The molecule has 4 heteroatoms. The van der Waals surface area contributed by atoms with Crippen LogP contribution in [-0.4, -0.2) is 37.1 Å². The summed E-state index contributed by atoms with van der Waals surface area (Å²) in [5.74, 6) is 1.01. The van der Waals surface area contributed by atoms with Gasteiger partial charge in [0.25, 0.3) is 0 Å². The van der Waals surface area contributed by atoms with Gasteiger partial charge in [-0.2, -0.15) is 5.26 Å². The van der Waals surface area contributed by atoms with Crippen LogP contribution in [0.5, 0.6) is 0 Å². The highest BCUT2D eigenvalue weighted by Crippen LogP contribution is 2.30. The van der Waals surface area contributed by atoms with E-state index in [1.165, 1.54) is 0 Å². The molecular formula is C15H24N2O2. The summed E-state index contributed by atoms with van der Waals surface area (Å²) in [6, 6.07) is 2.64. The van der Waals surface area contributed by atoms with Gasteiger partial charge in [0.15, 0.2) is 0 Å². The maximum absolute atomic E-state index is 12.4.